The summed E-state index contributed by atoms with van der Waals surface area (Å²) in [6.07, 6.45) is 6.66. The minimum Gasteiger partial charge on any atom is -0.486 e. The van der Waals surface area contributed by atoms with Crippen molar-refractivity contribution in [2.45, 2.75) is 38.8 Å². The van der Waals surface area contributed by atoms with E-state index in [-0.39, 0.29) is 12.1 Å². The molecule has 1 atom stereocenters. The molecule has 1 aromatic carbocycles. The number of benzene rings is 1. The van der Waals surface area contributed by atoms with Gasteiger partial charge in [-0.1, -0.05) is 28.4 Å². The zero-order chi connectivity index (χ0) is 23.8. The molecule has 1 aliphatic rings. The molecule has 0 bridgehead atoms. The van der Waals surface area contributed by atoms with Crippen LogP contribution in [0.5, 0.6) is 5.75 Å². The van der Waals surface area contributed by atoms with Crippen molar-refractivity contribution < 1.29 is 4.74 Å². The van der Waals surface area contributed by atoms with Crippen LogP contribution in [0.4, 0.5) is 0 Å². The maximum absolute atomic E-state index is 9.10. The van der Waals surface area contributed by atoms with Crippen LogP contribution in [0.25, 0.3) is 22.3 Å². The Morgan fingerprint density at radius 1 is 1.18 bits per heavy atom. The standard InChI is InChI=1S/C23H22Cl2N8O/c1-13-22(30-31-33(13)15-5-7-32(12-26)8-6-15)23-17-9-16(3-4-20(17)28-29-23)34-14(2)21-18(24)10-27-11-19(21)25/h3-4,9-11,14-15H,5-8H2,1-2H3,(H,28,29)/t14-/m1/s1. The van der Waals surface area contributed by atoms with Gasteiger partial charge >= 0.3 is 0 Å². The Hall–Kier alpha value is -3.35. The molecule has 4 heterocycles. The fourth-order valence-electron chi connectivity index (χ4n) is 4.44. The third-order valence-electron chi connectivity index (χ3n) is 6.25. The van der Waals surface area contributed by atoms with Gasteiger partial charge in [-0.25, -0.2) is 4.68 Å². The van der Waals surface area contributed by atoms with E-state index in [2.05, 4.69) is 31.7 Å². The second-order valence-corrected chi connectivity index (χ2v) is 9.16. The van der Waals surface area contributed by atoms with Crippen LogP contribution in [0, 0.1) is 18.4 Å². The smallest absolute Gasteiger partial charge is 0.179 e. The third kappa shape index (κ3) is 4.04. The lowest BCUT2D eigenvalue weighted by Gasteiger charge is -2.28. The number of H-pyrrole nitrogens is 1. The van der Waals surface area contributed by atoms with E-state index in [9.17, 15) is 0 Å². The Balaban J connectivity index is 1.43. The summed E-state index contributed by atoms with van der Waals surface area (Å²) in [5.74, 6) is 0.653. The number of aromatic amines is 1. The predicted octanol–water partition coefficient (Wildman–Crippen LogP) is 5.09. The second kappa shape index (κ2) is 9.12. The molecule has 11 heteroatoms. The topological polar surface area (TPSA) is 109 Å². The number of aromatic nitrogens is 6. The van der Waals surface area contributed by atoms with Crippen molar-refractivity contribution in [3.63, 3.8) is 0 Å². The van der Waals surface area contributed by atoms with Gasteiger partial charge < -0.3 is 9.64 Å². The van der Waals surface area contributed by atoms with Gasteiger partial charge in [0.05, 0.1) is 27.3 Å². The summed E-state index contributed by atoms with van der Waals surface area (Å²) < 4.78 is 8.13. The van der Waals surface area contributed by atoms with Gasteiger partial charge in [0.2, 0.25) is 0 Å². The summed E-state index contributed by atoms with van der Waals surface area (Å²) in [6.45, 7) is 5.35. The van der Waals surface area contributed by atoms with Crippen LogP contribution in [0.15, 0.2) is 30.6 Å². The molecule has 0 aliphatic carbocycles. The fourth-order valence-corrected chi connectivity index (χ4v) is 5.11. The average Bonchev–Trinajstić information content (AvgIpc) is 3.41. The largest absolute Gasteiger partial charge is 0.486 e. The van der Waals surface area contributed by atoms with Crippen molar-refractivity contribution in [3.8, 4) is 23.3 Å². The number of hydrogen-bond donors (Lipinski definition) is 1. The number of likely N-dealkylation sites (tertiary alicyclic amines) is 1. The minimum absolute atomic E-state index is 0.214. The lowest BCUT2D eigenvalue weighted by Crippen LogP contribution is -2.31. The van der Waals surface area contributed by atoms with Gasteiger partial charge in [-0.3, -0.25) is 10.1 Å². The van der Waals surface area contributed by atoms with Crippen LogP contribution in [-0.4, -0.2) is 48.2 Å². The van der Waals surface area contributed by atoms with Crippen LogP contribution >= 0.6 is 23.2 Å². The summed E-state index contributed by atoms with van der Waals surface area (Å²) in [6, 6.07) is 5.93. The number of nitrogens with zero attached hydrogens (tertiary/aromatic N) is 7. The molecule has 0 unspecified atom stereocenters. The Kier molecular flexibility index (Phi) is 6.02. The van der Waals surface area contributed by atoms with Crippen molar-refractivity contribution in [1.29, 1.82) is 5.26 Å². The summed E-state index contributed by atoms with van der Waals surface area (Å²) in [7, 11) is 0. The highest BCUT2D eigenvalue weighted by atomic mass is 35.5. The molecule has 0 amide bonds. The van der Waals surface area contributed by atoms with E-state index in [0.29, 0.717) is 27.1 Å². The number of pyridine rings is 1. The Bertz CT molecular complexity index is 1360. The predicted molar refractivity (Wildman–Crippen MR) is 129 cm³/mol. The van der Waals surface area contributed by atoms with E-state index in [1.807, 2.05) is 36.7 Å². The van der Waals surface area contributed by atoms with Crippen molar-refractivity contribution in [1.82, 2.24) is 35.1 Å². The molecule has 1 N–H and O–H groups in total. The molecule has 0 spiro atoms. The molecule has 3 aromatic heterocycles. The van der Waals surface area contributed by atoms with Crippen LogP contribution in [0.2, 0.25) is 10.0 Å². The summed E-state index contributed by atoms with van der Waals surface area (Å²) in [5.41, 5.74) is 3.93. The molecule has 174 valence electrons. The van der Waals surface area contributed by atoms with Crippen LogP contribution < -0.4 is 4.74 Å². The first-order valence-corrected chi connectivity index (χ1v) is 11.7. The van der Waals surface area contributed by atoms with Gasteiger partial charge in [-0.15, -0.1) is 5.10 Å². The molecule has 9 nitrogen and oxygen atoms in total. The Labute approximate surface area is 206 Å². The van der Waals surface area contributed by atoms with Gasteiger partial charge in [0.25, 0.3) is 0 Å². The molecule has 1 fully saturated rings. The quantitative estimate of drug-likeness (QED) is 0.383. The minimum atomic E-state index is -0.377. The Morgan fingerprint density at radius 3 is 2.62 bits per heavy atom. The summed E-state index contributed by atoms with van der Waals surface area (Å²) in [5, 5.41) is 27.4. The van der Waals surface area contributed by atoms with Crippen LogP contribution in [-0.2, 0) is 0 Å². The molecule has 0 radical (unpaired) electrons. The first kappa shape index (κ1) is 22.4. The number of nitrogens with one attached hydrogen (secondary N) is 1. The number of ether oxygens (including phenoxy) is 1. The van der Waals surface area contributed by atoms with E-state index in [4.69, 9.17) is 33.2 Å². The normalized spacial score (nSPS) is 15.4. The molecular formula is C23H22Cl2N8O. The van der Waals surface area contributed by atoms with Crippen molar-refractivity contribution in [2.24, 2.45) is 0 Å². The number of fused-ring (bicyclic) bond motifs is 1. The molecule has 4 aromatic rings. The summed E-state index contributed by atoms with van der Waals surface area (Å²) >= 11 is 12.6. The van der Waals surface area contributed by atoms with E-state index in [0.717, 1.165) is 48.2 Å². The van der Waals surface area contributed by atoms with E-state index in [1.165, 1.54) is 0 Å². The van der Waals surface area contributed by atoms with Gasteiger partial charge in [0, 0.05) is 36.4 Å². The second-order valence-electron chi connectivity index (χ2n) is 8.34. The monoisotopic (exact) mass is 496 g/mol. The van der Waals surface area contributed by atoms with Gasteiger partial charge in [0.15, 0.2) is 6.19 Å². The van der Waals surface area contributed by atoms with Gasteiger partial charge in [-0.2, -0.15) is 10.4 Å². The van der Waals surface area contributed by atoms with Crippen LogP contribution in [0.3, 0.4) is 0 Å². The first-order valence-electron chi connectivity index (χ1n) is 11.0. The highest BCUT2D eigenvalue weighted by molar-refractivity contribution is 6.35. The maximum Gasteiger partial charge on any atom is 0.179 e. The highest BCUT2D eigenvalue weighted by Crippen LogP contribution is 2.35. The highest BCUT2D eigenvalue weighted by Gasteiger charge is 2.25. The number of halogens is 2. The van der Waals surface area contributed by atoms with Crippen molar-refractivity contribution in [2.75, 3.05) is 13.1 Å². The lowest BCUT2D eigenvalue weighted by atomic mass is 10.1. The molecule has 1 aliphatic heterocycles. The van der Waals surface area contributed by atoms with Crippen molar-refractivity contribution >= 4 is 34.1 Å². The zero-order valence-corrected chi connectivity index (χ0v) is 20.2. The molecule has 34 heavy (non-hydrogen) atoms. The number of piperidine rings is 1. The zero-order valence-electron chi connectivity index (χ0n) is 18.7. The van der Waals surface area contributed by atoms with E-state index < -0.39 is 0 Å². The first-order chi connectivity index (χ1) is 16.5. The molecule has 1 saturated heterocycles. The maximum atomic E-state index is 9.10. The number of rotatable bonds is 5. The fraction of sp³-hybridized carbons (Fsp3) is 0.348. The van der Waals surface area contributed by atoms with Crippen molar-refractivity contribution in [3.05, 3.63) is 51.9 Å². The van der Waals surface area contributed by atoms with Gasteiger partial charge in [-0.05, 0) is 44.9 Å². The number of hydrogen-bond acceptors (Lipinski definition) is 7. The third-order valence-corrected chi connectivity index (χ3v) is 6.85. The molecular weight excluding hydrogens is 475 g/mol. The number of nitriles is 1. The Morgan fingerprint density at radius 2 is 1.91 bits per heavy atom. The van der Waals surface area contributed by atoms with Gasteiger partial charge in [0.1, 0.15) is 23.2 Å². The molecule has 0 saturated carbocycles. The lowest BCUT2D eigenvalue weighted by molar-refractivity contribution is 0.227. The van der Waals surface area contributed by atoms with E-state index >= 15 is 0 Å². The van der Waals surface area contributed by atoms with E-state index in [1.54, 1.807) is 17.3 Å². The summed E-state index contributed by atoms with van der Waals surface area (Å²) in [4.78, 5) is 5.78. The average molecular weight is 497 g/mol. The van der Waals surface area contributed by atoms with Crippen LogP contribution in [0.1, 0.15) is 43.2 Å². The SMILES string of the molecule is Cc1c(-c2n[nH]c3ccc(O[C@H](C)c4c(Cl)cncc4Cl)cc23)nnn1C1CCN(C#N)CC1. The molecule has 5 rings (SSSR count).